The van der Waals surface area contributed by atoms with Gasteiger partial charge in [0.1, 0.15) is 12.6 Å². The number of methoxy groups -OCH3 is 3. The minimum Gasteiger partial charge on any atom is -0.493 e. The molecule has 9 nitrogen and oxygen atoms in total. The van der Waals surface area contributed by atoms with E-state index in [9.17, 15) is 9.59 Å². The summed E-state index contributed by atoms with van der Waals surface area (Å²) < 4.78 is 22.3. The Morgan fingerprint density at radius 2 is 1.61 bits per heavy atom. The van der Waals surface area contributed by atoms with Crippen molar-refractivity contribution >= 4 is 11.8 Å². The molecule has 208 valence electrons. The molecule has 1 atom stereocenters. The molecule has 0 aliphatic heterocycles. The van der Waals surface area contributed by atoms with Crippen LogP contribution in [-0.2, 0) is 16.1 Å². The number of carbonyl (C=O) groups excluding carboxylic acids is 2. The summed E-state index contributed by atoms with van der Waals surface area (Å²) in [7, 11) is 8.58. The van der Waals surface area contributed by atoms with Crippen molar-refractivity contribution in [3.05, 3.63) is 53.1 Å². The van der Waals surface area contributed by atoms with E-state index in [1.54, 1.807) is 12.1 Å². The summed E-state index contributed by atoms with van der Waals surface area (Å²) in [4.78, 5) is 28.5. The van der Waals surface area contributed by atoms with E-state index in [0.29, 0.717) is 30.4 Å². The van der Waals surface area contributed by atoms with Crippen LogP contribution >= 0.6 is 0 Å². The van der Waals surface area contributed by atoms with Crippen molar-refractivity contribution < 1.29 is 28.5 Å². The first-order valence-corrected chi connectivity index (χ1v) is 12.9. The van der Waals surface area contributed by atoms with Gasteiger partial charge in [0, 0.05) is 24.8 Å². The molecule has 0 spiro atoms. The quantitative estimate of drug-likeness (QED) is 0.412. The number of hydrogen-bond donors (Lipinski definition) is 2. The lowest BCUT2D eigenvalue weighted by Crippen LogP contribution is -2.55. The number of aryl methyl sites for hydroxylation is 1. The summed E-state index contributed by atoms with van der Waals surface area (Å²) in [5, 5.41) is 5.83. The summed E-state index contributed by atoms with van der Waals surface area (Å²) >= 11 is 0. The maximum atomic E-state index is 13.2. The van der Waals surface area contributed by atoms with Gasteiger partial charge in [-0.3, -0.25) is 9.59 Å². The molecule has 0 bridgehead atoms. The van der Waals surface area contributed by atoms with E-state index in [2.05, 4.69) is 15.5 Å². The topological polar surface area (TPSA) is 98.4 Å². The lowest BCUT2D eigenvalue weighted by atomic mass is 9.96. The highest BCUT2D eigenvalue weighted by Gasteiger charge is 2.37. The molecule has 1 aliphatic rings. The lowest BCUT2D eigenvalue weighted by molar-refractivity contribution is -0.124. The van der Waals surface area contributed by atoms with E-state index in [0.717, 1.165) is 36.8 Å². The van der Waals surface area contributed by atoms with Gasteiger partial charge in [0.2, 0.25) is 11.7 Å². The number of hydrogen-bond acceptors (Lipinski definition) is 7. The molecule has 2 N–H and O–H groups in total. The van der Waals surface area contributed by atoms with Gasteiger partial charge in [0.25, 0.3) is 5.91 Å². The van der Waals surface area contributed by atoms with Crippen molar-refractivity contribution in [3.63, 3.8) is 0 Å². The molecule has 1 aliphatic carbocycles. The number of nitrogens with one attached hydrogen (secondary N) is 2. The van der Waals surface area contributed by atoms with E-state index in [4.69, 9.17) is 18.9 Å². The number of benzene rings is 2. The highest BCUT2D eigenvalue weighted by atomic mass is 16.5. The maximum Gasteiger partial charge on any atom is 0.252 e. The molecule has 2 aromatic rings. The van der Waals surface area contributed by atoms with Crippen LogP contribution in [0.15, 0.2) is 36.4 Å². The van der Waals surface area contributed by atoms with Gasteiger partial charge in [-0.15, -0.1) is 0 Å². The second-order valence-corrected chi connectivity index (χ2v) is 10.0. The van der Waals surface area contributed by atoms with Crippen molar-refractivity contribution in [2.24, 2.45) is 0 Å². The Morgan fingerprint density at radius 3 is 2.13 bits per heavy atom. The van der Waals surface area contributed by atoms with Crippen LogP contribution in [0.2, 0.25) is 0 Å². The molecule has 2 amide bonds. The molecule has 0 saturated heterocycles. The second-order valence-electron chi connectivity index (χ2n) is 10.0. The highest BCUT2D eigenvalue weighted by Crippen LogP contribution is 2.39. The van der Waals surface area contributed by atoms with Crippen molar-refractivity contribution in [2.75, 3.05) is 48.6 Å². The number of likely N-dealkylation sites (N-methyl/N-ethyl adjacent to an activating group) is 1. The summed E-state index contributed by atoms with van der Waals surface area (Å²) in [6, 6.07) is 10.3. The molecule has 1 saturated carbocycles. The van der Waals surface area contributed by atoms with E-state index in [1.807, 2.05) is 45.3 Å². The van der Waals surface area contributed by atoms with E-state index >= 15 is 0 Å². The van der Waals surface area contributed by atoms with Gasteiger partial charge in [0.15, 0.2) is 11.5 Å². The Labute approximate surface area is 225 Å². The van der Waals surface area contributed by atoms with Gasteiger partial charge in [-0.25, -0.2) is 0 Å². The average molecular weight is 528 g/mol. The normalized spacial score (nSPS) is 15.1. The molecule has 3 rings (SSSR count). The molecule has 0 radical (unpaired) electrons. The monoisotopic (exact) mass is 527 g/mol. The van der Waals surface area contributed by atoms with Gasteiger partial charge in [-0.1, -0.05) is 42.7 Å². The number of ether oxygens (including phenoxy) is 4. The Bertz CT molecular complexity index is 1060. The van der Waals surface area contributed by atoms with Crippen LogP contribution in [0, 0.1) is 6.92 Å². The fourth-order valence-electron chi connectivity index (χ4n) is 4.77. The van der Waals surface area contributed by atoms with E-state index in [1.165, 1.54) is 21.3 Å². The van der Waals surface area contributed by atoms with Crippen LogP contribution in [0.4, 0.5) is 0 Å². The SMILES string of the molecule is COC[C@H](NC(=O)c1cc(OC)c(OCc2ccc(C)cc2)c(OC)c1)C(=O)NCC1(N(C)C)CCCC1. The van der Waals surface area contributed by atoms with E-state index in [-0.39, 0.29) is 23.6 Å². The van der Waals surface area contributed by atoms with Gasteiger partial charge in [-0.05, 0) is 51.6 Å². The van der Waals surface area contributed by atoms with Crippen LogP contribution in [0.5, 0.6) is 17.2 Å². The van der Waals surface area contributed by atoms with Gasteiger partial charge in [-0.2, -0.15) is 0 Å². The third kappa shape index (κ3) is 7.17. The molecule has 0 unspecified atom stereocenters. The molecule has 1 fully saturated rings. The fourth-order valence-corrected chi connectivity index (χ4v) is 4.77. The van der Waals surface area contributed by atoms with Crippen molar-refractivity contribution in [3.8, 4) is 17.2 Å². The zero-order valence-electron chi connectivity index (χ0n) is 23.4. The predicted molar refractivity (Wildman–Crippen MR) is 146 cm³/mol. The predicted octanol–water partition coefficient (Wildman–Crippen LogP) is 3.33. The molecule has 2 aromatic carbocycles. The number of nitrogens with zero attached hydrogens (tertiary/aromatic N) is 1. The summed E-state index contributed by atoms with van der Waals surface area (Å²) in [6.45, 7) is 2.89. The van der Waals surface area contributed by atoms with Crippen molar-refractivity contribution in [1.82, 2.24) is 15.5 Å². The molecule has 38 heavy (non-hydrogen) atoms. The van der Waals surface area contributed by atoms with Crippen LogP contribution in [0.1, 0.15) is 47.2 Å². The number of rotatable bonds is 13. The zero-order valence-corrected chi connectivity index (χ0v) is 23.4. The first-order valence-electron chi connectivity index (χ1n) is 12.9. The molecule has 0 heterocycles. The number of amides is 2. The Kier molecular flexibility index (Phi) is 10.4. The maximum absolute atomic E-state index is 13.2. The van der Waals surface area contributed by atoms with Crippen LogP contribution in [0.3, 0.4) is 0 Å². The fraction of sp³-hybridized carbons (Fsp3) is 0.517. The van der Waals surface area contributed by atoms with Gasteiger partial charge >= 0.3 is 0 Å². The molecule has 0 aromatic heterocycles. The molecule has 9 heteroatoms. The number of carbonyl (C=O) groups is 2. The van der Waals surface area contributed by atoms with Gasteiger partial charge < -0.3 is 34.5 Å². The third-order valence-electron chi connectivity index (χ3n) is 7.26. The highest BCUT2D eigenvalue weighted by molar-refractivity contribution is 5.98. The van der Waals surface area contributed by atoms with Crippen molar-refractivity contribution in [1.29, 1.82) is 0 Å². The first-order chi connectivity index (χ1) is 18.2. The zero-order chi connectivity index (χ0) is 27.7. The smallest absolute Gasteiger partial charge is 0.252 e. The van der Waals surface area contributed by atoms with Gasteiger partial charge in [0.05, 0.1) is 20.8 Å². The average Bonchev–Trinajstić information content (AvgIpc) is 3.41. The molecular weight excluding hydrogens is 486 g/mol. The Balaban J connectivity index is 1.72. The Hall–Kier alpha value is -3.30. The standard InChI is InChI=1S/C29H41N3O6/c1-20-9-11-21(12-10-20)17-38-26-24(36-5)15-22(16-25(26)37-6)27(33)31-23(18-35-4)28(34)30-19-29(32(2)3)13-7-8-14-29/h9-12,15-16,23H,7-8,13-14,17-19H2,1-6H3,(H,30,34)(H,31,33)/t23-/m0/s1. The first kappa shape index (κ1) is 29.3. The third-order valence-corrected chi connectivity index (χ3v) is 7.26. The lowest BCUT2D eigenvalue weighted by Gasteiger charge is -2.36. The van der Waals surface area contributed by atoms with Crippen molar-refractivity contribution in [2.45, 2.75) is 50.8 Å². The van der Waals surface area contributed by atoms with Crippen LogP contribution in [-0.4, -0.2) is 76.9 Å². The molecular formula is C29H41N3O6. The summed E-state index contributed by atoms with van der Waals surface area (Å²) in [5.74, 6) is 0.355. The summed E-state index contributed by atoms with van der Waals surface area (Å²) in [5.41, 5.74) is 2.36. The summed E-state index contributed by atoms with van der Waals surface area (Å²) in [6.07, 6.45) is 4.33. The van der Waals surface area contributed by atoms with E-state index < -0.39 is 11.9 Å². The minimum atomic E-state index is -0.859. The Morgan fingerprint density at radius 1 is 1.00 bits per heavy atom. The largest absolute Gasteiger partial charge is 0.493 e. The van der Waals surface area contributed by atoms with Crippen LogP contribution in [0.25, 0.3) is 0 Å². The van der Waals surface area contributed by atoms with Crippen LogP contribution < -0.4 is 24.8 Å². The second kappa shape index (κ2) is 13.5. The minimum absolute atomic E-state index is 0.0402.